The van der Waals surface area contributed by atoms with E-state index in [4.69, 9.17) is 0 Å². The van der Waals surface area contributed by atoms with Crippen LogP contribution in [0.25, 0.3) is 0 Å². The maximum absolute atomic E-state index is 0. The topological polar surface area (TPSA) is 31.5 Å². The van der Waals surface area contributed by atoms with E-state index in [0.29, 0.717) is 0 Å². The summed E-state index contributed by atoms with van der Waals surface area (Å²) >= 11 is 0. The molecule has 1 nitrogen and oxygen atoms in total. The molecule has 0 unspecified atom stereocenters. The van der Waals surface area contributed by atoms with Gasteiger partial charge in [-0.25, -0.2) is 0 Å². The van der Waals surface area contributed by atoms with Gasteiger partial charge in [0.25, 0.3) is 0 Å². The Morgan fingerprint density at radius 2 is 1.25 bits per heavy atom. The van der Waals surface area contributed by atoms with Crippen molar-refractivity contribution in [1.29, 1.82) is 0 Å². The monoisotopic (exact) mass is 120 g/mol. The van der Waals surface area contributed by atoms with E-state index in [1.807, 2.05) is 0 Å². The molecule has 0 aliphatic rings. The maximum atomic E-state index is 0. The zero-order valence-corrected chi connectivity index (χ0v) is 7.64. The van der Waals surface area contributed by atoms with Crippen molar-refractivity contribution < 1.29 is 39.3 Å². The van der Waals surface area contributed by atoms with Crippen molar-refractivity contribution >= 4 is 50.1 Å². The van der Waals surface area contributed by atoms with Gasteiger partial charge in [0.15, 0.2) is 0 Å². The summed E-state index contributed by atoms with van der Waals surface area (Å²) in [6, 6.07) is 0. The molecule has 0 atom stereocenters. The molecule has 0 saturated carbocycles. The third-order valence-corrected chi connectivity index (χ3v) is 0. The Morgan fingerprint density at radius 3 is 1.25 bits per heavy atom. The molecule has 0 aromatic rings. The van der Waals surface area contributed by atoms with Crippen molar-refractivity contribution in [3.05, 3.63) is 0 Å². The summed E-state index contributed by atoms with van der Waals surface area (Å²) in [6.45, 7) is 0. The largest absolute Gasteiger partial charge is 2.00 e. The Kier molecular flexibility index (Phi) is 140. The summed E-state index contributed by atoms with van der Waals surface area (Å²) in [6.07, 6.45) is 0. The minimum absolute atomic E-state index is 0. The molecule has 0 aromatic carbocycles. The molecule has 0 radical (unpaired) electrons. The fourth-order valence-electron chi connectivity index (χ4n) is 0. The average Bonchev–Trinajstić information content (AvgIpc) is 0. The van der Waals surface area contributed by atoms with E-state index in [9.17, 15) is 0 Å². The van der Waals surface area contributed by atoms with Crippen LogP contribution in [0, 0.1) is 0 Å². The molecule has 0 aliphatic heterocycles. The Labute approximate surface area is 88.0 Å². The van der Waals surface area contributed by atoms with E-state index in [1.54, 1.807) is 0 Å². The molecule has 4 heavy (non-hydrogen) atoms. The number of hydrogen-bond donors (Lipinski definition) is 0. The summed E-state index contributed by atoms with van der Waals surface area (Å²) in [5.41, 5.74) is 0. The quantitative estimate of drug-likeness (QED) is 0.298. The second-order valence-corrected chi connectivity index (χ2v) is 0. The standard InChI is InChI=1S/Ca.ClH.Na.H2O.3H/h;1H;;1H2;;;/q+2;;+1;;3*-1. The molecule has 0 fully saturated rings. The van der Waals surface area contributed by atoms with Gasteiger partial charge in [0.1, 0.15) is 0 Å². The third kappa shape index (κ3) is 8.82. The predicted octanol–water partition coefficient (Wildman–Crippen LogP) is -3.44. The minimum atomic E-state index is 0. The second-order valence-electron chi connectivity index (χ2n) is 0. The summed E-state index contributed by atoms with van der Waals surface area (Å²) in [4.78, 5) is 0. The van der Waals surface area contributed by atoms with E-state index < -0.39 is 0 Å². The van der Waals surface area contributed by atoms with Crippen molar-refractivity contribution in [2.75, 3.05) is 0 Å². The molecule has 0 heterocycles. The molecule has 0 spiro atoms. The summed E-state index contributed by atoms with van der Waals surface area (Å²) in [7, 11) is 0. The second kappa shape index (κ2) is 17.8. The van der Waals surface area contributed by atoms with Gasteiger partial charge in [-0.2, -0.15) is 0 Å². The molecule has 0 aromatic heterocycles. The van der Waals surface area contributed by atoms with Crippen molar-refractivity contribution in [2.45, 2.75) is 0 Å². The fraction of sp³-hybridized carbons (Fsp3) is 0. The van der Waals surface area contributed by atoms with Gasteiger partial charge < -0.3 is 9.76 Å². The van der Waals surface area contributed by atoms with Gasteiger partial charge in [0.05, 0.1) is 0 Å². The van der Waals surface area contributed by atoms with Crippen LogP contribution < -0.4 is 29.6 Å². The molecule has 0 aliphatic carbocycles. The SMILES string of the molecule is Cl.O.[Ca+2].[H-].[H-].[H-].[Na+]. The van der Waals surface area contributed by atoms with E-state index >= 15 is 0 Å². The molecule has 2 N–H and O–H groups in total. The van der Waals surface area contributed by atoms with Gasteiger partial charge in [-0.05, 0) is 0 Å². The first kappa shape index (κ1) is 31.4. The normalized spacial score (nSPS) is 0. The fourth-order valence-corrected chi connectivity index (χ4v) is 0. The van der Waals surface area contributed by atoms with Crippen molar-refractivity contribution in [3.63, 3.8) is 0 Å². The van der Waals surface area contributed by atoms with Crippen LogP contribution in [-0.4, -0.2) is 43.2 Å². The first-order valence-corrected chi connectivity index (χ1v) is 0. The van der Waals surface area contributed by atoms with Gasteiger partial charge in [-0.3, -0.25) is 0 Å². The Bertz CT molecular complexity index is 14.9. The van der Waals surface area contributed by atoms with Gasteiger partial charge in [0, 0.05) is 0 Å². The van der Waals surface area contributed by atoms with Crippen molar-refractivity contribution in [1.82, 2.24) is 0 Å². The smallest absolute Gasteiger partial charge is 1.00 e. The summed E-state index contributed by atoms with van der Waals surface area (Å²) in [5.74, 6) is 0. The van der Waals surface area contributed by atoms with Gasteiger partial charge in [0.2, 0.25) is 0 Å². The van der Waals surface area contributed by atoms with E-state index in [1.165, 1.54) is 0 Å². The van der Waals surface area contributed by atoms with Gasteiger partial charge in [-0.1, -0.05) is 0 Å². The zero-order chi connectivity index (χ0) is 0. The van der Waals surface area contributed by atoms with Crippen molar-refractivity contribution in [2.24, 2.45) is 0 Å². The minimum Gasteiger partial charge on any atom is -1.00 e. The molecule has 0 rings (SSSR count). The van der Waals surface area contributed by atoms with E-state index in [2.05, 4.69) is 0 Å². The van der Waals surface area contributed by atoms with Crippen LogP contribution in [0.5, 0.6) is 0 Å². The van der Waals surface area contributed by atoms with Crippen LogP contribution in [0.2, 0.25) is 0 Å². The van der Waals surface area contributed by atoms with E-state index in [0.717, 1.165) is 0 Å². The molecular weight excluding hydrogens is 115 g/mol. The van der Waals surface area contributed by atoms with Crippen LogP contribution in [0.1, 0.15) is 4.28 Å². The van der Waals surface area contributed by atoms with Gasteiger partial charge >= 0.3 is 67.3 Å². The molecular formula is H6CaClNaO. The number of halogens is 1. The maximum Gasteiger partial charge on any atom is 2.00 e. The van der Waals surface area contributed by atoms with Crippen LogP contribution in [0.3, 0.4) is 0 Å². The van der Waals surface area contributed by atoms with Crippen LogP contribution >= 0.6 is 12.4 Å². The predicted molar refractivity (Wildman–Crippen MR) is 20.0 cm³/mol. The summed E-state index contributed by atoms with van der Waals surface area (Å²) in [5, 5.41) is 0. The van der Waals surface area contributed by atoms with Gasteiger partial charge in [-0.15, -0.1) is 12.4 Å². The first-order valence-electron chi connectivity index (χ1n) is 0. The molecule has 22 valence electrons. The average molecular weight is 121 g/mol. The number of rotatable bonds is 0. The van der Waals surface area contributed by atoms with Crippen molar-refractivity contribution in [3.8, 4) is 0 Å². The van der Waals surface area contributed by atoms with E-state index in [-0.39, 0.29) is 89.5 Å². The molecule has 0 saturated heterocycles. The van der Waals surface area contributed by atoms with Crippen LogP contribution in [-0.2, 0) is 0 Å². The third-order valence-electron chi connectivity index (χ3n) is 0. The first-order chi connectivity index (χ1) is 0. The van der Waals surface area contributed by atoms with Crippen LogP contribution in [0.15, 0.2) is 0 Å². The summed E-state index contributed by atoms with van der Waals surface area (Å²) < 4.78 is 0. The molecule has 0 bridgehead atoms. The Balaban J connectivity index is 0. The molecule has 0 amide bonds. The van der Waals surface area contributed by atoms with Crippen LogP contribution in [0.4, 0.5) is 0 Å². The Hall–Kier alpha value is 2.51. The zero-order valence-electron chi connectivity index (χ0n) is 5.62. The Morgan fingerprint density at radius 1 is 1.25 bits per heavy atom. The number of hydrogen-bond acceptors (Lipinski definition) is 0. The molecule has 4 heteroatoms.